The third kappa shape index (κ3) is 3.97. The fraction of sp³-hybridized carbons (Fsp3) is 0.0526. The molecule has 162 valence electrons. The van der Waals surface area contributed by atoms with E-state index in [1.165, 1.54) is 47.7 Å². The molecule has 1 aliphatic heterocycles. The molecule has 0 radical (unpaired) electrons. The Morgan fingerprint density at radius 2 is 1.84 bits per heavy atom. The summed E-state index contributed by atoms with van der Waals surface area (Å²) in [6.45, 7) is 0. The number of nitro benzene ring substituents is 1. The normalized spacial score (nSPS) is 15.4. The van der Waals surface area contributed by atoms with Crippen molar-refractivity contribution in [2.75, 3.05) is 5.32 Å². The number of hydrogen-bond donors (Lipinski definition) is 3. The van der Waals surface area contributed by atoms with Crippen molar-refractivity contribution in [2.24, 2.45) is 10.9 Å². The standard InChI is InChI=1S/C19H14N6O5S2/c20-9-14-15(10-1-5-12(6-2-10)25(26)27)16-18(30-17(14)21)24-19(31-16)23-11-3-7-13(8-4-11)32(22,28)29/h1-8,15H,21H2,(H,23,24)(H2,22,28,29). The van der Waals surface area contributed by atoms with Crippen LogP contribution in [0.3, 0.4) is 0 Å². The van der Waals surface area contributed by atoms with Gasteiger partial charge in [0.15, 0.2) is 5.13 Å². The second-order valence-electron chi connectivity index (χ2n) is 6.66. The number of nitro groups is 1. The smallest absolute Gasteiger partial charge is 0.269 e. The van der Waals surface area contributed by atoms with Gasteiger partial charge in [0.2, 0.25) is 21.8 Å². The van der Waals surface area contributed by atoms with Gasteiger partial charge in [-0.1, -0.05) is 23.5 Å². The molecule has 0 saturated carbocycles. The van der Waals surface area contributed by atoms with Crippen LogP contribution in [-0.4, -0.2) is 18.3 Å². The van der Waals surface area contributed by atoms with Gasteiger partial charge in [0.25, 0.3) is 5.69 Å². The van der Waals surface area contributed by atoms with Crippen LogP contribution in [0.1, 0.15) is 16.4 Å². The van der Waals surface area contributed by atoms with E-state index in [1.54, 1.807) is 12.1 Å². The minimum atomic E-state index is -3.81. The number of nitriles is 1. The summed E-state index contributed by atoms with van der Waals surface area (Å²) < 4.78 is 28.3. The van der Waals surface area contributed by atoms with E-state index in [1.807, 2.05) is 6.07 Å². The summed E-state index contributed by atoms with van der Waals surface area (Å²) in [5, 5.41) is 29.2. The molecule has 2 heterocycles. The third-order valence-corrected chi connectivity index (χ3v) is 6.58. The number of aromatic nitrogens is 1. The number of sulfonamides is 1. The molecule has 1 atom stereocenters. The molecule has 32 heavy (non-hydrogen) atoms. The lowest BCUT2D eigenvalue weighted by molar-refractivity contribution is -0.384. The Bertz CT molecular complexity index is 1390. The molecular weight excluding hydrogens is 456 g/mol. The zero-order valence-electron chi connectivity index (χ0n) is 16.1. The first-order valence-electron chi connectivity index (χ1n) is 8.90. The Hall–Kier alpha value is -3.99. The molecule has 3 aromatic rings. The molecule has 0 fully saturated rings. The number of benzene rings is 2. The number of nitrogens with zero attached hydrogens (tertiary/aromatic N) is 3. The number of nitrogens with one attached hydrogen (secondary N) is 1. The lowest BCUT2D eigenvalue weighted by atomic mass is 9.89. The number of nitrogens with two attached hydrogens (primary N) is 2. The average molecular weight is 470 g/mol. The molecule has 0 bridgehead atoms. The summed E-state index contributed by atoms with van der Waals surface area (Å²) >= 11 is 1.21. The minimum Gasteiger partial charge on any atom is -0.421 e. The van der Waals surface area contributed by atoms with Gasteiger partial charge in [-0.15, -0.1) is 0 Å². The predicted molar refractivity (Wildman–Crippen MR) is 116 cm³/mol. The van der Waals surface area contributed by atoms with Crippen LogP contribution >= 0.6 is 11.3 Å². The second kappa shape index (κ2) is 7.93. The molecular formula is C19H14N6O5S2. The molecule has 0 spiro atoms. The predicted octanol–water partition coefficient (Wildman–Crippen LogP) is 2.66. The van der Waals surface area contributed by atoms with Gasteiger partial charge >= 0.3 is 0 Å². The van der Waals surface area contributed by atoms with E-state index in [4.69, 9.17) is 15.6 Å². The van der Waals surface area contributed by atoms with Crippen molar-refractivity contribution < 1.29 is 18.1 Å². The molecule has 11 nitrogen and oxygen atoms in total. The average Bonchev–Trinajstić information content (AvgIpc) is 3.14. The van der Waals surface area contributed by atoms with Crippen molar-refractivity contribution in [3.05, 3.63) is 80.5 Å². The lowest BCUT2D eigenvalue weighted by Gasteiger charge is -2.22. The van der Waals surface area contributed by atoms with Crippen molar-refractivity contribution in [3.63, 3.8) is 0 Å². The van der Waals surface area contributed by atoms with E-state index in [-0.39, 0.29) is 27.9 Å². The van der Waals surface area contributed by atoms with Crippen LogP contribution in [-0.2, 0) is 10.0 Å². The highest BCUT2D eigenvalue weighted by molar-refractivity contribution is 7.89. The Kier molecular flexibility index (Phi) is 5.26. The van der Waals surface area contributed by atoms with Crippen LogP contribution < -0.4 is 20.9 Å². The van der Waals surface area contributed by atoms with E-state index in [9.17, 15) is 23.8 Å². The first kappa shape index (κ1) is 21.2. The molecule has 1 aliphatic rings. The molecule has 0 amide bonds. The van der Waals surface area contributed by atoms with E-state index in [0.29, 0.717) is 21.3 Å². The third-order valence-electron chi connectivity index (χ3n) is 4.64. The van der Waals surface area contributed by atoms with Gasteiger partial charge < -0.3 is 15.8 Å². The number of fused-ring (bicyclic) bond motifs is 1. The number of rotatable bonds is 5. The molecule has 1 aromatic heterocycles. The number of thiazole rings is 1. The summed E-state index contributed by atoms with van der Waals surface area (Å²) in [7, 11) is -3.81. The SMILES string of the molecule is N#CC1=C(N)Oc2nc(Nc3ccc(S(N)(=O)=O)cc3)sc2C1c1ccc([N+](=O)[O-])cc1. The summed E-state index contributed by atoms with van der Waals surface area (Å²) in [4.78, 5) is 15.4. The minimum absolute atomic E-state index is 0.0290. The highest BCUT2D eigenvalue weighted by atomic mass is 32.2. The van der Waals surface area contributed by atoms with Gasteiger partial charge in [-0.05, 0) is 29.8 Å². The van der Waals surface area contributed by atoms with Crippen LogP contribution in [0.15, 0.2) is 64.9 Å². The Labute approximate surface area is 185 Å². The van der Waals surface area contributed by atoms with Crippen molar-refractivity contribution in [1.29, 1.82) is 5.26 Å². The number of non-ortho nitro benzene ring substituents is 1. The molecule has 5 N–H and O–H groups in total. The van der Waals surface area contributed by atoms with Crippen LogP contribution in [0.25, 0.3) is 0 Å². The molecule has 0 aliphatic carbocycles. The number of ether oxygens (including phenoxy) is 1. The highest BCUT2D eigenvalue weighted by Gasteiger charge is 2.34. The van der Waals surface area contributed by atoms with Crippen LogP contribution in [0, 0.1) is 21.4 Å². The number of primary sulfonamides is 1. The topological polar surface area (TPSA) is 187 Å². The first-order valence-corrected chi connectivity index (χ1v) is 11.3. The zero-order chi connectivity index (χ0) is 23.0. The molecule has 1 unspecified atom stereocenters. The second-order valence-corrected chi connectivity index (χ2v) is 9.25. The van der Waals surface area contributed by atoms with Crippen LogP contribution in [0.5, 0.6) is 5.88 Å². The Balaban J connectivity index is 1.69. The Morgan fingerprint density at radius 3 is 2.41 bits per heavy atom. The van der Waals surface area contributed by atoms with Gasteiger partial charge in [-0.2, -0.15) is 10.2 Å². The monoisotopic (exact) mass is 470 g/mol. The lowest BCUT2D eigenvalue weighted by Crippen LogP contribution is -2.20. The van der Waals surface area contributed by atoms with Gasteiger partial charge in [0, 0.05) is 17.8 Å². The fourth-order valence-electron chi connectivity index (χ4n) is 3.14. The number of hydrogen-bond acceptors (Lipinski definition) is 10. The van der Waals surface area contributed by atoms with Crippen molar-refractivity contribution in [3.8, 4) is 11.9 Å². The van der Waals surface area contributed by atoms with Crippen LogP contribution in [0.4, 0.5) is 16.5 Å². The van der Waals surface area contributed by atoms with Crippen molar-refractivity contribution in [2.45, 2.75) is 10.8 Å². The van der Waals surface area contributed by atoms with E-state index < -0.39 is 20.9 Å². The molecule has 13 heteroatoms. The van der Waals surface area contributed by atoms with Crippen molar-refractivity contribution >= 4 is 37.9 Å². The summed E-state index contributed by atoms with van der Waals surface area (Å²) in [6.07, 6.45) is 0. The van der Waals surface area contributed by atoms with Gasteiger partial charge in [-0.25, -0.2) is 13.6 Å². The molecule has 0 saturated heterocycles. The maximum absolute atomic E-state index is 11.4. The highest BCUT2D eigenvalue weighted by Crippen LogP contribution is 2.46. The molecule has 2 aromatic carbocycles. The van der Waals surface area contributed by atoms with E-state index in [2.05, 4.69) is 10.3 Å². The number of allylic oxidation sites excluding steroid dienone is 1. The van der Waals surface area contributed by atoms with Crippen molar-refractivity contribution in [1.82, 2.24) is 4.98 Å². The molecule has 4 rings (SSSR count). The van der Waals surface area contributed by atoms with Gasteiger partial charge in [0.05, 0.1) is 20.6 Å². The fourth-order valence-corrected chi connectivity index (χ4v) is 4.70. The van der Waals surface area contributed by atoms with Gasteiger partial charge in [0.1, 0.15) is 11.6 Å². The summed E-state index contributed by atoms with van der Waals surface area (Å²) in [5.74, 6) is -0.501. The Morgan fingerprint density at radius 1 is 1.19 bits per heavy atom. The quantitative estimate of drug-likeness (QED) is 0.372. The van der Waals surface area contributed by atoms with Gasteiger partial charge in [-0.3, -0.25) is 10.1 Å². The zero-order valence-corrected chi connectivity index (χ0v) is 17.7. The maximum atomic E-state index is 11.4. The van der Waals surface area contributed by atoms with Crippen LogP contribution in [0.2, 0.25) is 0 Å². The first-order chi connectivity index (χ1) is 15.2. The number of anilines is 2. The summed E-state index contributed by atoms with van der Waals surface area (Å²) in [6, 6.07) is 13.6. The maximum Gasteiger partial charge on any atom is 0.269 e. The van der Waals surface area contributed by atoms with E-state index in [0.717, 1.165) is 0 Å². The van der Waals surface area contributed by atoms with E-state index >= 15 is 0 Å². The summed E-state index contributed by atoms with van der Waals surface area (Å²) in [5.41, 5.74) is 7.19. The largest absolute Gasteiger partial charge is 0.421 e.